The smallest absolute Gasteiger partial charge is 0.251 e. The van der Waals surface area contributed by atoms with Gasteiger partial charge in [-0.3, -0.25) is 4.79 Å². The summed E-state index contributed by atoms with van der Waals surface area (Å²) in [5.74, 6) is 1.17. The second-order valence-corrected chi connectivity index (χ2v) is 4.43. The number of amides is 1. The standard InChI is InChI=1S/C14H16N2O3/c1-8-6-11(17)4-5-12(8)14(18)15-7-13-16-9(2)10(3)19-13/h4-6,17H,7H2,1-3H3,(H,15,18). The van der Waals surface area contributed by atoms with Crippen LogP contribution in [0.1, 0.15) is 33.3 Å². The van der Waals surface area contributed by atoms with Gasteiger partial charge in [0.25, 0.3) is 5.91 Å². The zero-order chi connectivity index (χ0) is 14.0. The lowest BCUT2D eigenvalue weighted by Gasteiger charge is -2.06. The first-order valence-corrected chi connectivity index (χ1v) is 5.98. The number of carbonyl (C=O) groups is 1. The third-order valence-corrected chi connectivity index (χ3v) is 2.93. The number of aromatic nitrogens is 1. The lowest BCUT2D eigenvalue weighted by atomic mass is 10.1. The van der Waals surface area contributed by atoms with E-state index < -0.39 is 0 Å². The van der Waals surface area contributed by atoms with E-state index in [-0.39, 0.29) is 18.2 Å². The highest BCUT2D eigenvalue weighted by Crippen LogP contribution is 2.15. The fraction of sp³-hybridized carbons (Fsp3) is 0.286. The van der Waals surface area contributed by atoms with Crippen LogP contribution in [0, 0.1) is 20.8 Å². The number of aryl methyl sites for hydroxylation is 3. The summed E-state index contributed by atoms with van der Waals surface area (Å²) in [5, 5.41) is 12.0. The molecule has 2 aromatic rings. The zero-order valence-electron chi connectivity index (χ0n) is 11.2. The van der Waals surface area contributed by atoms with Crippen molar-refractivity contribution >= 4 is 5.91 Å². The predicted octanol–water partition coefficient (Wildman–Crippen LogP) is 2.24. The highest BCUT2D eigenvalue weighted by molar-refractivity contribution is 5.95. The minimum atomic E-state index is -0.217. The quantitative estimate of drug-likeness (QED) is 0.887. The molecule has 0 bridgehead atoms. The van der Waals surface area contributed by atoms with Gasteiger partial charge in [0.2, 0.25) is 5.89 Å². The van der Waals surface area contributed by atoms with Crippen molar-refractivity contribution in [1.29, 1.82) is 0 Å². The number of oxazole rings is 1. The van der Waals surface area contributed by atoms with Gasteiger partial charge in [0.05, 0.1) is 12.2 Å². The molecule has 5 nitrogen and oxygen atoms in total. The van der Waals surface area contributed by atoms with Gasteiger partial charge in [0, 0.05) is 5.56 Å². The van der Waals surface area contributed by atoms with Crippen molar-refractivity contribution in [3.63, 3.8) is 0 Å². The lowest BCUT2D eigenvalue weighted by molar-refractivity contribution is 0.0946. The minimum Gasteiger partial charge on any atom is -0.508 e. The fourth-order valence-corrected chi connectivity index (χ4v) is 1.77. The van der Waals surface area contributed by atoms with Gasteiger partial charge in [-0.2, -0.15) is 0 Å². The van der Waals surface area contributed by atoms with E-state index in [2.05, 4.69) is 10.3 Å². The van der Waals surface area contributed by atoms with Crippen molar-refractivity contribution in [2.45, 2.75) is 27.3 Å². The van der Waals surface area contributed by atoms with E-state index in [0.29, 0.717) is 11.5 Å². The van der Waals surface area contributed by atoms with Crippen molar-refractivity contribution in [2.75, 3.05) is 0 Å². The molecule has 0 aliphatic heterocycles. The SMILES string of the molecule is Cc1cc(O)ccc1C(=O)NCc1nc(C)c(C)o1. The van der Waals surface area contributed by atoms with Crippen LogP contribution in [-0.2, 0) is 6.54 Å². The van der Waals surface area contributed by atoms with Crippen molar-refractivity contribution in [3.8, 4) is 5.75 Å². The van der Waals surface area contributed by atoms with E-state index in [4.69, 9.17) is 4.42 Å². The second-order valence-electron chi connectivity index (χ2n) is 4.43. The molecule has 5 heteroatoms. The number of nitrogens with zero attached hydrogens (tertiary/aromatic N) is 1. The van der Waals surface area contributed by atoms with Crippen molar-refractivity contribution in [3.05, 3.63) is 46.7 Å². The molecule has 0 radical (unpaired) electrons. The van der Waals surface area contributed by atoms with Crippen LogP contribution in [0.5, 0.6) is 5.75 Å². The van der Waals surface area contributed by atoms with Gasteiger partial charge < -0.3 is 14.8 Å². The monoisotopic (exact) mass is 260 g/mol. The minimum absolute atomic E-state index is 0.146. The molecule has 0 spiro atoms. The third kappa shape index (κ3) is 2.93. The largest absolute Gasteiger partial charge is 0.508 e. The highest BCUT2D eigenvalue weighted by atomic mass is 16.4. The maximum atomic E-state index is 12.0. The normalized spacial score (nSPS) is 10.5. The Balaban J connectivity index is 2.05. The van der Waals surface area contributed by atoms with Gasteiger partial charge in [0.15, 0.2) is 0 Å². The number of phenols is 1. The van der Waals surface area contributed by atoms with Crippen molar-refractivity contribution in [1.82, 2.24) is 10.3 Å². The Kier molecular flexibility index (Phi) is 3.55. The van der Waals surface area contributed by atoms with E-state index in [9.17, 15) is 9.90 Å². The van der Waals surface area contributed by atoms with Crippen LogP contribution in [0.2, 0.25) is 0 Å². The predicted molar refractivity (Wildman–Crippen MR) is 70.0 cm³/mol. The molecular formula is C14H16N2O3. The van der Waals surface area contributed by atoms with Crippen LogP contribution >= 0.6 is 0 Å². The summed E-state index contributed by atoms with van der Waals surface area (Å²) in [6.07, 6.45) is 0. The summed E-state index contributed by atoms with van der Waals surface area (Å²) in [6, 6.07) is 4.63. The van der Waals surface area contributed by atoms with E-state index in [1.807, 2.05) is 13.8 Å². The van der Waals surface area contributed by atoms with E-state index >= 15 is 0 Å². The molecule has 1 heterocycles. The summed E-state index contributed by atoms with van der Waals surface area (Å²) in [6.45, 7) is 5.70. The number of carbonyl (C=O) groups excluding carboxylic acids is 1. The second kappa shape index (κ2) is 5.14. The summed E-state index contributed by atoms with van der Waals surface area (Å²) in [5.41, 5.74) is 2.07. The van der Waals surface area contributed by atoms with Gasteiger partial charge >= 0.3 is 0 Å². The average Bonchev–Trinajstić information content (AvgIpc) is 2.66. The Labute approximate surface area is 111 Å². The molecule has 1 amide bonds. The van der Waals surface area contributed by atoms with Crippen LogP contribution in [0.4, 0.5) is 0 Å². The van der Waals surface area contributed by atoms with E-state index in [1.54, 1.807) is 19.1 Å². The molecule has 0 aliphatic carbocycles. The van der Waals surface area contributed by atoms with Crippen LogP contribution in [-0.4, -0.2) is 16.0 Å². The average molecular weight is 260 g/mol. The Hall–Kier alpha value is -2.30. The zero-order valence-corrected chi connectivity index (χ0v) is 11.2. The molecule has 2 rings (SSSR count). The number of nitrogens with one attached hydrogen (secondary N) is 1. The molecule has 0 fully saturated rings. The molecule has 2 N–H and O–H groups in total. The van der Waals surface area contributed by atoms with Gasteiger partial charge in [-0.15, -0.1) is 0 Å². The first kappa shape index (κ1) is 13.1. The summed E-state index contributed by atoms with van der Waals surface area (Å²) in [7, 11) is 0. The summed E-state index contributed by atoms with van der Waals surface area (Å²) < 4.78 is 5.38. The highest BCUT2D eigenvalue weighted by Gasteiger charge is 2.11. The molecule has 1 aromatic heterocycles. The molecule has 100 valence electrons. The fourth-order valence-electron chi connectivity index (χ4n) is 1.77. The van der Waals surface area contributed by atoms with Crippen molar-refractivity contribution < 1.29 is 14.3 Å². The van der Waals surface area contributed by atoms with Gasteiger partial charge in [0.1, 0.15) is 11.5 Å². The van der Waals surface area contributed by atoms with Gasteiger partial charge in [-0.25, -0.2) is 4.98 Å². The van der Waals surface area contributed by atoms with Gasteiger partial charge in [-0.1, -0.05) is 0 Å². The molecule has 0 saturated carbocycles. The van der Waals surface area contributed by atoms with E-state index in [1.165, 1.54) is 6.07 Å². The van der Waals surface area contributed by atoms with Crippen LogP contribution in [0.15, 0.2) is 22.6 Å². The number of aromatic hydroxyl groups is 1. The topological polar surface area (TPSA) is 75.4 Å². The van der Waals surface area contributed by atoms with Crippen LogP contribution < -0.4 is 5.32 Å². The first-order chi connectivity index (χ1) is 8.97. The summed E-state index contributed by atoms with van der Waals surface area (Å²) in [4.78, 5) is 16.2. The number of hydrogen-bond acceptors (Lipinski definition) is 4. The summed E-state index contributed by atoms with van der Waals surface area (Å²) >= 11 is 0. The number of hydrogen-bond donors (Lipinski definition) is 2. The Morgan fingerprint density at radius 1 is 1.37 bits per heavy atom. The number of benzene rings is 1. The van der Waals surface area contributed by atoms with Crippen molar-refractivity contribution in [2.24, 2.45) is 0 Å². The Morgan fingerprint density at radius 2 is 2.11 bits per heavy atom. The first-order valence-electron chi connectivity index (χ1n) is 5.98. The third-order valence-electron chi connectivity index (χ3n) is 2.93. The van der Waals surface area contributed by atoms with Crippen LogP contribution in [0.3, 0.4) is 0 Å². The Morgan fingerprint density at radius 3 is 2.68 bits per heavy atom. The lowest BCUT2D eigenvalue weighted by Crippen LogP contribution is -2.23. The molecule has 0 aliphatic rings. The molecule has 0 unspecified atom stereocenters. The molecule has 19 heavy (non-hydrogen) atoms. The number of phenolic OH excluding ortho intramolecular Hbond substituents is 1. The van der Waals surface area contributed by atoms with Crippen LogP contribution in [0.25, 0.3) is 0 Å². The molecule has 1 aromatic carbocycles. The van der Waals surface area contributed by atoms with Gasteiger partial charge in [-0.05, 0) is 44.5 Å². The maximum Gasteiger partial charge on any atom is 0.251 e. The molecule has 0 saturated heterocycles. The molecular weight excluding hydrogens is 244 g/mol. The van der Waals surface area contributed by atoms with E-state index in [0.717, 1.165) is 17.0 Å². The maximum absolute atomic E-state index is 12.0. The Bertz CT molecular complexity index is 598. The molecule has 0 atom stereocenters. The number of rotatable bonds is 3.